The van der Waals surface area contributed by atoms with Crippen LogP contribution in [-0.2, 0) is 13.0 Å². The SMILES string of the molecule is Cc1nc2c(c(C(=O)O)n1)CCN(C1CC1)C2. The first-order valence-electron chi connectivity index (χ1n) is 5.99. The van der Waals surface area contributed by atoms with Gasteiger partial charge in [0.1, 0.15) is 5.82 Å². The Morgan fingerprint density at radius 1 is 1.41 bits per heavy atom. The first-order chi connectivity index (χ1) is 8.15. The fraction of sp³-hybridized carbons (Fsp3) is 0.583. The molecule has 2 heterocycles. The van der Waals surface area contributed by atoms with Crippen LogP contribution in [0.15, 0.2) is 0 Å². The highest BCUT2D eigenvalue weighted by molar-refractivity contribution is 5.87. The number of hydrogen-bond acceptors (Lipinski definition) is 4. The van der Waals surface area contributed by atoms with Crippen molar-refractivity contribution in [3.63, 3.8) is 0 Å². The minimum absolute atomic E-state index is 0.197. The highest BCUT2D eigenvalue weighted by atomic mass is 16.4. The number of carboxylic acids is 1. The van der Waals surface area contributed by atoms with Gasteiger partial charge in [-0.1, -0.05) is 0 Å². The average Bonchev–Trinajstić information content (AvgIpc) is 3.10. The fourth-order valence-corrected chi connectivity index (χ4v) is 2.50. The molecule has 1 aliphatic heterocycles. The summed E-state index contributed by atoms with van der Waals surface area (Å²) >= 11 is 0. The summed E-state index contributed by atoms with van der Waals surface area (Å²) in [5.74, 6) is -0.384. The smallest absolute Gasteiger partial charge is 0.354 e. The molecular weight excluding hydrogens is 218 g/mol. The molecule has 0 atom stereocenters. The Hall–Kier alpha value is -1.49. The first kappa shape index (κ1) is 10.7. The summed E-state index contributed by atoms with van der Waals surface area (Å²) in [4.78, 5) is 22.0. The summed E-state index contributed by atoms with van der Waals surface area (Å²) < 4.78 is 0. The van der Waals surface area contributed by atoms with Crippen LogP contribution in [0.1, 0.15) is 40.4 Å². The zero-order valence-corrected chi connectivity index (χ0v) is 9.81. The second-order valence-electron chi connectivity index (χ2n) is 4.80. The van der Waals surface area contributed by atoms with Crippen molar-refractivity contribution >= 4 is 5.97 Å². The van der Waals surface area contributed by atoms with E-state index in [0.29, 0.717) is 11.9 Å². The molecule has 0 amide bonds. The molecule has 17 heavy (non-hydrogen) atoms. The number of hydrogen-bond donors (Lipinski definition) is 1. The van der Waals surface area contributed by atoms with Gasteiger partial charge in [0.2, 0.25) is 0 Å². The topological polar surface area (TPSA) is 66.3 Å². The van der Waals surface area contributed by atoms with Gasteiger partial charge in [-0.3, -0.25) is 4.90 Å². The van der Waals surface area contributed by atoms with E-state index in [0.717, 1.165) is 30.8 Å². The number of carboxylic acid groups (broad SMARTS) is 1. The molecular formula is C12H15N3O2. The number of nitrogens with zero attached hydrogens (tertiary/aromatic N) is 3. The maximum atomic E-state index is 11.1. The van der Waals surface area contributed by atoms with Crippen LogP contribution in [0, 0.1) is 6.92 Å². The van der Waals surface area contributed by atoms with Crippen LogP contribution in [0.3, 0.4) is 0 Å². The predicted molar refractivity (Wildman–Crippen MR) is 60.9 cm³/mol. The second kappa shape index (κ2) is 3.77. The lowest BCUT2D eigenvalue weighted by molar-refractivity contribution is 0.0687. The van der Waals surface area contributed by atoms with Gasteiger partial charge in [0.15, 0.2) is 5.69 Å². The van der Waals surface area contributed by atoms with Crippen LogP contribution in [0.25, 0.3) is 0 Å². The van der Waals surface area contributed by atoms with Gasteiger partial charge >= 0.3 is 5.97 Å². The Balaban J connectivity index is 1.98. The van der Waals surface area contributed by atoms with Crippen molar-refractivity contribution in [2.24, 2.45) is 0 Å². The van der Waals surface area contributed by atoms with E-state index >= 15 is 0 Å². The molecule has 0 aromatic carbocycles. The number of aromatic carboxylic acids is 1. The normalized spacial score (nSPS) is 20.1. The Kier molecular flexibility index (Phi) is 2.36. The third-order valence-electron chi connectivity index (χ3n) is 3.47. The highest BCUT2D eigenvalue weighted by Crippen LogP contribution is 2.31. The lowest BCUT2D eigenvalue weighted by Gasteiger charge is -2.28. The van der Waals surface area contributed by atoms with Crippen LogP contribution in [0.5, 0.6) is 0 Å². The van der Waals surface area contributed by atoms with Gasteiger partial charge in [-0.15, -0.1) is 0 Å². The van der Waals surface area contributed by atoms with E-state index in [-0.39, 0.29) is 5.69 Å². The van der Waals surface area contributed by atoms with Crippen LogP contribution in [-0.4, -0.2) is 38.5 Å². The molecule has 0 bridgehead atoms. The molecule has 0 spiro atoms. The first-order valence-corrected chi connectivity index (χ1v) is 5.99. The molecule has 1 aromatic rings. The zero-order valence-electron chi connectivity index (χ0n) is 9.81. The molecule has 5 heteroatoms. The average molecular weight is 233 g/mol. The Labute approximate surface area is 99.5 Å². The monoisotopic (exact) mass is 233 g/mol. The second-order valence-corrected chi connectivity index (χ2v) is 4.80. The minimum atomic E-state index is -0.938. The van der Waals surface area contributed by atoms with Crippen molar-refractivity contribution in [1.29, 1.82) is 0 Å². The summed E-state index contributed by atoms with van der Waals surface area (Å²) in [6.07, 6.45) is 3.30. The summed E-state index contributed by atoms with van der Waals surface area (Å²) in [7, 11) is 0. The molecule has 1 aromatic heterocycles. The van der Waals surface area contributed by atoms with E-state index < -0.39 is 5.97 Å². The summed E-state index contributed by atoms with van der Waals surface area (Å²) in [6.45, 7) is 3.47. The fourth-order valence-electron chi connectivity index (χ4n) is 2.50. The standard InChI is InChI=1S/C12H15N3O2/c1-7-13-10-6-15(8-2-3-8)5-4-9(10)11(14-7)12(16)17/h8H,2-6H2,1H3,(H,16,17). The largest absolute Gasteiger partial charge is 0.477 e. The number of fused-ring (bicyclic) bond motifs is 1. The molecule has 0 saturated heterocycles. The molecule has 0 radical (unpaired) electrons. The highest BCUT2D eigenvalue weighted by Gasteiger charge is 2.33. The number of rotatable bonds is 2. The van der Waals surface area contributed by atoms with Gasteiger partial charge < -0.3 is 5.11 Å². The van der Waals surface area contributed by atoms with Gasteiger partial charge in [-0.25, -0.2) is 14.8 Å². The molecule has 0 unspecified atom stereocenters. The molecule has 3 rings (SSSR count). The number of carbonyl (C=O) groups is 1. The lowest BCUT2D eigenvalue weighted by atomic mass is 10.0. The van der Waals surface area contributed by atoms with Gasteiger partial charge in [0.05, 0.1) is 5.69 Å². The predicted octanol–water partition coefficient (Wildman–Crippen LogP) is 1.00. The van der Waals surface area contributed by atoms with Crippen LogP contribution >= 0.6 is 0 Å². The molecule has 1 aliphatic carbocycles. The molecule has 2 aliphatic rings. The maximum absolute atomic E-state index is 11.1. The van der Waals surface area contributed by atoms with E-state index in [4.69, 9.17) is 5.11 Å². The summed E-state index contributed by atoms with van der Waals surface area (Å²) in [6, 6.07) is 0.701. The van der Waals surface area contributed by atoms with E-state index in [1.165, 1.54) is 12.8 Å². The van der Waals surface area contributed by atoms with Gasteiger partial charge in [0.25, 0.3) is 0 Å². The van der Waals surface area contributed by atoms with Gasteiger partial charge in [-0.2, -0.15) is 0 Å². The zero-order chi connectivity index (χ0) is 12.0. The van der Waals surface area contributed by atoms with Crippen LogP contribution < -0.4 is 0 Å². The van der Waals surface area contributed by atoms with Gasteiger partial charge in [-0.05, 0) is 26.2 Å². The van der Waals surface area contributed by atoms with Crippen LogP contribution in [0.2, 0.25) is 0 Å². The lowest BCUT2D eigenvalue weighted by Crippen LogP contribution is -2.34. The number of aryl methyl sites for hydroxylation is 1. The van der Waals surface area contributed by atoms with E-state index in [9.17, 15) is 4.79 Å². The third kappa shape index (κ3) is 1.91. The van der Waals surface area contributed by atoms with Crippen molar-refractivity contribution in [3.8, 4) is 0 Å². The van der Waals surface area contributed by atoms with Crippen molar-refractivity contribution in [1.82, 2.24) is 14.9 Å². The quantitative estimate of drug-likeness (QED) is 0.825. The molecule has 90 valence electrons. The maximum Gasteiger partial charge on any atom is 0.354 e. The van der Waals surface area contributed by atoms with Crippen molar-refractivity contribution < 1.29 is 9.90 Å². The van der Waals surface area contributed by atoms with E-state index in [1.54, 1.807) is 6.92 Å². The Bertz CT molecular complexity index is 483. The molecule has 1 fully saturated rings. The van der Waals surface area contributed by atoms with Gasteiger partial charge in [0, 0.05) is 24.7 Å². The van der Waals surface area contributed by atoms with Crippen molar-refractivity contribution in [2.75, 3.05) is 6.54 Å². The minimum Gasteiger partial charge on any atom is -0.477 e. The summed E-state index contributed by atoms with van der Waals surface area (Å²) in [5.41, 5.74) is 1.94. The summed E-state index contributed by atoms with van der Waals surface area (Å²) in [5, 5.41) is 9.15. The molecule has 1 saturated carbocycles. The Morgan fingerprint density at radius 2 is 2.18 bits per heavy atom. The van der Waals surface area contributed by atoms with E-state index in [1.807, 2.05) is 0 Å². The van der Waals surface area contributed by atoms with E-state index in [2.05, 4.69) is 14.9 Å². The molecule has 5 nitrogen and oxygen atoms in total. The van der Waals surface area contributed by atoms with Crippen LogP contribution in [0.4, 0.5) is 0 Å². The Morgan fingerprint density at radius 3 is 2.82 bits per heavy atom. The number of aromatic nitrogens is 2. The third-order valence-corrected chi connectivity index (χ3v) is 3.47. The molecule has 1 N–H and O–H groups in total. The van der Waals surface area contributed by atoms with Crippen molar-refractivity contribution in [2.45, 2.75) is 38.8 Å². The van der Waals surface area contributed by atoms with Crippen molar-refractivity contribution in [3.05, 3.63) is 22.8 Å².